The number of fused-ring (bicyclic) bond motifs is 1. The monoisotopic (exact) mass is 572 g/mol. The van der Waals surface area contributed by atoms with E-state index in [2.05, 4.69) is 58.6 Å². The molecule has 42 heavy (non-hydrogen) atoms. The number of benzene rings is 4. The van der Waals surface area contributed by atoms with Gasteiger partial charge in [0.15, 0.2) is 0 Å². The summed E-state index contributed by atoms with van der Waals surface area (Å²) in [5.74, 6) is 0.365. The minimum atomic E-state index is -0.0578. The fraction of sp³-hybridized carbons (Fsp3) is 0.312. The summed E-state index contributed by atoms with van der Waals surface area (Å²) in [6.07, 6.45) is 0. The van der Waals surface area contributed by atoms with Crippen molar-refractivity contribution in [2.45, 2.75) is 40.8 Å². The molecule has 0 fully saturated rings. The molecule has 0 saturated heterocycles. The van der Waals surface area contributed by atoms with Crippen molar-refractivity contribution in [3.63, 3.8) is 0 Å². The van der Waals surface area contributed by atoms with E-state index >= 15 is 0 Å². The summed E-state index contributed by atoms with van der Waals surface area (Å²) in [4.78, 5) is 4.39. The van der Waals surface area contributed by atoms with Gasteiger partial charge in [-0.15, -0.1) is 5.11 Å². The van der Waals surface area contributed by atoms with Crippen LogP contribution in [0.1, 0.15) is 38.8 Å². The Morgan fingerprint density at radius 3 is 1.76 bits per heavy atom. The average Bonchev–Trinajstić information content (AvgIpc) is 3.00. The summed E-state index contributed by atoms with van der Waals surface area (Å²) < 4.78 is 0. The van der Waals surface area contributed by atoms with Gasteiger partial charge in [0.25, 0.3) is 0 Å². The van der Waals surface area contributed by atoms with Crippen LogP contribution in [0.2, 0.25) is 0 Å². The number of phenolic OH excluding ortho intramolecular Hbond substituents is 4. The summed E-state index contributed by atoms with van der Waals surface area (Å²) >= 11 is 0. The maximum atomic E-state index is 10.7. The predicted molar refractivity (Wildman–Crippen MR) is 168 cm³/mol. The number of rotatable bonds is 13. The molecule has 0 aliphatic rings. The maximum absolute atomic E-state index is 10.7. The molecule has 4 aromatic carbocycles. The molecular formula is C32H40N6O4. The lowest BCUT2D eigenvalue weighted by atomic mass is 10.1. The number of hydrogen-bond acceptors (Lipinski definition) is 10. The quantitative estimate of drug-likeness (QED) is 0.0428. The van der Waals surface area contributed by atoms with Gasteiger partial charge in [-0.3, -0.25) is 15.2 Å². The van der Waals surface area contributed by atoms with Gasteiger partial charge in [0.1, 0.15) is 34.4 Å². The Labute approximate surface area is 246 Å². The molecule has 0 atom stereocenters. The molecule has 4 aromatic rings. The smallest absolute Gasteiger partial charge is 0.143 e. The molecule has 10 heteroatoms. The molecule has 222 valence electrons. The van der Waals surface area contributed by atoms with Crippen LogP contribution >= 0.6 is 0 Å². The number of anilines is 2. The first-order chi connectivity index (χ1) is 20.3. The highest BCUT2D eigenvalue weighted by Crippen LogP contribution is 2.42. The van der Waals surface area contributed by atoms with Crippen molar-refractivity contribution in [2.75, 3.05) is 37.0 Å². The molecule has 0 aliphatic heterocycles. The SMILES string of the molecule is CCN(CC)Cc1cc(N=Nc2c(O)ccc3c(NNc4ccc(O)c(CN(CC)CC)c4)c(O)ccc23)ccc1O. The summed E-state index contributed by atoms with van der Waals surface area (Å²) in [5.41, 5.74) is 9.62. The minimum Gasteiger partial charge on any atom is -0.508 e. The van der Waals surface area contributed by atoms with Gasteiger partial charge in [-0.25, -0.2) is 0 Å². The minimum absolute atomic E-state index is 0.00491. The number of nitrogens with one attached hydrogen (secondary N) is 2. The van der Waals surface area contributed by atoms with Crippen LogP contribution < -0.4 is 10.9 Å². The second-order valence-corrected chi connectivity index (χ2v) is 10.0. The Balaban J connectivity index is 1.62. The average molecular weight is 573 g/mol. The highest BCUT2D eigenvalue weighted by atomic mass is 16.3. The van der Waals surface area contributed by atoms with Gasteiger partial charge in [-0.05, 0) is 86.8 Å². The van der Waals surface area contributed by atoms with E-state index < -0.39 is 0 Å². The second-order valence-electron chi connectivity index (χ2n) is 10.0. The van der Waals surface area contributed by atoms with Crippen molar-refractivity contribution in [3.05, 3.63) is 71.8 Å². The van der Waals surface area contributed by atoms with E-state index in [1.807, 2.05) is 6.07 Å². The van der Waals surface area contributed by atoms with Gasteiger partial charge < -0.3 is 25.9 Å². The topological polar surface area (TPSA) is 136 Å². The van der Waals surface area contributed by atoms with E-state index in [1.54, 1.807) is 42.5 Å². The van der Waals surface area contributed by atoms with Gasteiger partial charge in [-0.2, -0.15) is 5.11 Å². The second kappa shape index (κ2) is 13.9. The third-order valence-electron chi connectivity index (χ3n) is 7.45. The number of phenols is 4. The van der Waals surface area contributed by atoms with E-state index in [-0.39, 0.29) is 28.7 Å². The molecule has 0 aromatic heterocycles. The van der Waals surface area contributed by atoms with Crippen LogP contribution in [0.25, 0.3) is 10.8 Å². The molecule has 0 spiro atoms. The van der Waals surface area contributed by atoms with E-state index in [0.29, 0.717) is 40.9 Å². The van der Waals surface area contributed by atoms with Crippen LogP contribution in [0.3, 0.4) is 0 Å². The number of hydrogen-bond donors (Lipinski definition) is 6. The largest absolute Gasteiger partial charge is 0.508 e. The summed E-state index contributed by atoms with van der Waals surface area (Å²) in [7, 11) is 0. The summed E-state index contributed by atoms with van der Waals surface area (Å²) in [6, 6.07) is 16.7. The van der Waals surface area contributed by atoms with Crippen LogP contribution in [0.4, 0.5) is 22.7 Å². The zero-order valence-electron chi connectivity index (χ0n) is 24.6. The first-order valence-corrected chi connectivity index (χ1v) is 14.3. The van der Waals surface area contributed by atoms with Crippen LogP contribution in [0.5, 0.6) is 23.0 Å². The van der Waals surface area contributed by atoms with Crippen molar-refractivity contribution in [1.82, 2.24) is 9.80 Å². The van der Waals surface area contributed by atoms with Gasteiger partial charge in [0, 0.05) is 35.0 Å². The lowest BCUT2D eigenvalue weighted by molar-refractivity contribution is 0.291. The first-order valence-electron chi connectivity index (χ1n) is 14.3. The van der Waals surface area contributed by atoms with E-state index in [0.717, 1.165) is 37.3 Å². The van der Waals surface area contributed by atoms with Gasteiger partial charge in [0.05, 0.1) is 11.4 Å². The van der Waals surface area contributed by atoms with E-state index in [4.69, 9.17) is 0 Å². The van der Waals surface area contributed by atoms with Crippen molar-refractivity contribution in [2.24, 2.45) is 10.2 Å². The molecule has 4 rings (SSSR count). The number of nitrogens with zero attached hydrogens (tertiary/aromatic N) is 4. The standard InChI is InChI=1S/C32H40N6O4/c1-5-37(6-2)19-21-17-23(9-13-27(21)39)33-35-31-25-11-16-30(42)32(26(25)12-15-29(31)41)36-34-24-10-14-28(40)22(18-24)20-38(7-3)8-4/h9-18,33,35,39-42H,5-8,19-20H2,1-4H3. The van der Waals surface area contributed by atoms with Gasteiger partial charge >= 0.3 is 0 Å². The normalized spacial score (nSPS) is 11.7. The number of hydrazine groups is 1. The molecule has 10 nitrogen and oxygen atoms in total. The van der Waals surface area contributed by atoms with Crippen molar-refractivity contribution in [1.29, 1.82) is 0 Å². The van der Waals surface area contributed by atoms with E-state index in [9.17, 15) is 20.4 Å². The highest BCUT2D eigenvalue weighted by molar-refractivity contribution is 6.04. The fourth-order valence-corrected chi connectivity index (χ4v) is 4.77. The molecule has 0 saturated carbocycles. The predicted octanol–water partition coefficient (Wildman–Crippen LogP) is 7.20. The Morgan fingerprint density at radius 2 is 1.12 bits per heavy atom. The number of aromatic hydroxyl groups is 4. The van der Waals surface area contributed by atoms with Crippen molar-refractivity contribution in [3.8, 4) is 23.0 Å². The first kappa shape index (κ1) is 30.4. The van der Waals surface area contributed by atoms with Gasteiger partial charge in [-0.1, -0.05) is 27.7 Å². The Hall–Kier alpha value is -4.54. The van der Waals surface area contributed by atoms with Crippen LogP contribution in [0.15, 0.2) is 70.9 Å². The molecule has 0 aliphatic carbocycles. The lowest BCUT2D eigenvalue weighted by Gasteiger charge is -2.20. The molecular weight excluding hydrogens is 532 g/mol. The lowest BCUT2D eigenvalue weighted by Crippen LogP contribution is -2.22. The number of azo groups is 1. The Morgan fingerprint density at radius 1 is 0.571 bits per heavy atom. The molecule has 6 N–H and O–H groups in total. The zero-order chi connectivity index (χ0) is 30.2. The molecule has 0 radical (unpaired) electrons. The third kappa shape index (κ3) is 7.02. The molecule has 0 heterocycles. The maximum Gasteiger partial charge on any atom is 0.143 e. The fourth-order valence-electron chi connectivity index (χ4n) is 4.77. The Kier molecular flexibility index (Phi) is 10.1. The highest BCUT2D eigenvalue weighted by Gasteiger charge is 2.14. The Bertz CT molecular complexity index is 1550. The molecule has 0 unspecified atom stereocenters. The molecule has 0 amide bonds. The van der Waals surface area contributed by atoms with Gasteiger partial charge in [0.2, 0.25) is 0 Å². The third-order valence-corrected chi connectivity index (χ3v) is 7.45. The van der Waals surface area contributed by atoms with E-state index in [1.165, 1.54) is 12.1 Å². The zero-order valence-corrected chi connectivity index (χ0v) is 24.6. The summed E-state index contributed by atoms with van der Waals surface area (Å²) in [5, 5.41) is 52.0. The van der Waals surface area contributed by atoms with Crippen LogP contribution in [-0.4, -0.2) is 56.4 Å². The van der Waals surface area contributed by atoms with Crippen LogP contribution in [-0.2, 0) is 13.1 Å². The molecule has 0 bridgehead atoms. The van der Waals surface area contributed by atoms with Crippen molar-refractivity contribution >= 4 is 33.5 Å². The van der Waals surface area contributed by atoms with Crippen LogP contribution in [0, 0.1) is 0 Å². The van der Waals surface area contributed by atoms with Crippen molar-refractivity contribution < 1.29 is 20.4 Å². The summed E-state index contributed by atoms with van der Waals surface area (Å²) in [6.45, 7) is 12.9.